The lowest BCUT2D eigenvalue weighted by molar-refractivity contribution is -0.138. The molecular formula is C27H27F3N4O4S. The van der Waals surface area contributed by atoms with Crippen molar-refractivity contribution < 1.29 is 32.2 Å². The first-order chi connectivity index (χ1) is 18.6. The molecule has 39 heavy (non-hydrogen) atoms. The monoisotopic (exact) mass is 560 g/mol. The van der Waals surface area contributed by atoms with Gasteiger partial charge in [0.15, 0.2) is 0 Å². The van der Waals surface area contributed by atoms with Gasteiger partial charge in [-0.2, -0.15) is 18.3 Å². The quantitative estimate of drug-likeness (QED) is 0.385. The molecule has 2 aliphatic rings. The fourth-order valence-corrected chi connectivity index (χ4v) is 5.59. The zero-order chi connectivity index (χ0) is 27.7. The Bertz CT molecular complexity index is 1450. The molecule has 0 unspecified atom stereocenters. The minimum absolute atomic E-state index is 0.0718. The second kappa shape index (κ2) is 11.0. The fraction of sp³-hybridized carbons (Fsp3) is 0.370. The molecule has 0 aliphatic carbocycles. The van der Waals surface area contributed by atoms with E-state index in [0.29, 0.717) is 48.0 Å². The molecule has 0 N–H and O–H groups in total. The minimum Gasteiger partial charge on any atom is -0.497 e. The number of carbonyl (C=O) groups is 2. The van der Waals surface area contributed by atoms with Gasteiger partial charge in [0.05, 0.1) is 48.5 Å². The molecule has 8 nitrogen and oxygen atoms in total. The van der Waals surface area contributed by atoms with Gasteiger partial charge in [-0.15, -0.1) is 0 Å². The minimum atomic E-state index is -4.54. The normalized spacial score (nSPS) is 18.1. The lowest BCUT2D eigenvalue weighted by atomic mass is 10.1. The summed E-state index contributed by atoms with van der Waals surface area (Å²) in [4.78, 5) is 29.2. The molecular weight excluding hydrogens is 533 g/mol. The average Bonchev–Trinajstić information content (AvgIpc) is 3.36. The van der Waals surface area contributed by atoms with Crippen LogP contribution in [0.1, 0.15) is 22.4 Å². The summed E-state index contributed by atoms with van der Waals surface area (Å²) in [5, 5.41) is 4.93. The number of halogens is 3. The van der Waals surface area contributed by atoms with Crippen LogP contribution >= 0.6 is 11.8 Å². The number of ether oxygens (including phenoxy) is 2. The summed E-state index contributed by atoms with van der Waals surface area (Å²) in [7, 11) is 1.32. The van der Waals surface area contributed by atoms with E-state index in [4.69, 9.17) is 9.47 Å². The van der Waals surface area contributed by atoms with E-state index in [2.05, 4.69) is 10.00 Å². The first kappa shape index (κ1) is 27.2. The van der Waals surface area contributed by atoms with E-state index in [1.165, 1.54) is 28.8 Å². The SMILES string of the molecule is COc1ccc(Cn2nc(C)c3cc(/C=C4\SC(=O)N(CCN5CCOCC5)C4=O)ccc32)c(C(F)(F)F)c1. The topological polar surface area (TPSA) is 76.9 Å². The summed E-state index contributed by atoms with van der Waals surface area (Å²) < 4.78 is 53.0. The van der Waals surface area contributed by atoms with Crippen LogP contribution in [0.3, 0.4) is 0 Å². The summed E-state index contributed by atoms with van der Waals surface area (Å²) >= 11 is 0.904. The molecule has 3 aromatic rings. The number of amides is 2. The summed E-state index contributed by atoms with van der Waals surface area (Å²) in [6.45, 7) is 5.45. The van der Waals surface area contributed by atoms with Gasteiger partial charge in [-0.25, -0.2) is 0 Å². The molecule has 0 radical (unpaired) electrons. The highest BCUT2D eigenvalue weighted by Gasteiger charge is 2.36. The Morgan fingerprint density at radius 2 is 1.87 bits per heavy atom. The van der Waals surface area contributed by atoms with E-state index >= 15 is 0 Å². The number of methoxy groups -OCH3 is 1. The summed E-state index contributed by atoms with van der Waals surface area (Å²) in [6, 6.07) is 9.23. The van der Waals surface area contributed by atoms with Gasteiger partial charge in [-0.3, -0.25) is 24.1 Å². The van der Waals surface area contributed by atoms with Gasteiger partial charge in [0.1, 0.15) is 5.75 Å². The number of imide groups is 1. The van der Waals surface area contributed by atoms with Crippen molar-refractivity contribution in [2.75, 3.05) is 46.5 Å². The van der Waals surface area contributed by atoms with Crippen LogP contribution in [0.4, 0.5) is 18.0 Å². The van der Waals surface area contributed by atoms with Crippen molar-refractivity contribution >= 4 is 39.9 Å². The predicted octanol–water partition coefficient (Wildman–Crippen LogP) is 4.79. The van der Waals surface area contributed by atoms with E-state index in [9.17, 15) is 22.8 Å². The van der Waals surface area contributed by atoms with Gasteiger partial charge in [-0.05, 0) is 60.2 Å². The van der Waals surface area contributed by atoms with Gasteiger partial charge in [0.2, 0.25) is 0 Å². The molecule has 2 aliphatic heterocycles. The molecule has 2 saturated heterocycles. The Morgan fingerprint density at radius 1 is 1.10 bits per heavy atom. The number of hydrogen-bond acceptors (Lipinski definition) is 7. The Morgan fingerprint density at radius 3 is 2.59 bits per heavy atom. The number of benzene rings is 2. The van der Waals surface area contributed by atoms with Crippen molar-refractivity contribution in [3.05, 3.63) is 63.7 Å². The molecule has 0 spiro atoms. The smallest absolute Gasteiger partial charge is 0.416 e. The Kier molecular flexibility index (Phi) is 7.70. The molecule has 206 valence electrons. The summed E-state index contributed by atoms with van der Waals surface area (Å²) in [5.74, 6) is -0.201. The van der Waals surface area contributed by atoms with Crippen LogP contribution in [0.25, 0.3) is 17.0 Å². The van der Waals surface area contributed by atoms with Gasteiger partial charge in [0, 0.05) is 31.6 Å². The first-order valence-corrected chi connectivity index (χ1v) is 13.2. The van der Waals surface area contributed by atoms with Crippen molar-refractivity contribution in [1.82, 2.24) is 19.6 Å². The van der Waals surface area contributed by atoms with E-state index in [1.807, 2.05) is 6.07 Å². The number of nitrogens with zero attached hydrogens (tertiary/aromatic N) is 4. The Labute approximate surface area is 227 Å². The molecule has 0 atom stereocenters. The third-order valence-corrected chi connectivity index (χ3v) is 7.72. The number of aryl methyl sites for hydroxylation is 1. The fourth-order valence-electron chi connectivity index (χ4n) is 4.72. The maximum atomic E-state index is 13.7. The maximum absolute atomic E-state index is 13.7. The highest BCUT2D eigenvalue weighted by atomic mass is 32.2. The van der Waals surface area contributed by atoms with Crippen molar-refractivity contribution in [2.24, 2.45) is 0 Å². The number of hydrogen-bond donors (Lipinski definition) is 0. The second-order valence-electron chi connectivity index (χ2n) is 9.33. The lowest BCUT2D eigenvalue weighted by Gasteiger charge is -2.27. The van der Waals surface area contributed by atoms with E-state index in [1.54, 1.807) is 25.1 Å². The third kappa shape index (κ3) is 5.82. The van der Waals surface area contributed by atoms with Crippen LogP contribution < -0.4 is 4.74 Å². The van der Waals surface area contributed by atoms with Crippen molar-refractivity contribution in [3.8, 4) is 5.75 Å². The van der Waals surface area contributed by atoms with Crippen LogP contribution in [-0.2, 0) is 22.3 Å². The van der Waals surface area contributed by atoms with Crippen molar-refractivity contribution in [2.45, 2.75) is 19.6 Å². The largest absolute Gasteiger partial charge is 0.497 e. The van der Waals surface area contributed by atoms with Crippen LogP contribution in [0, 0.1) is 6.92 Å². The highest BCUT2D eigenvalue weighted by molar-refractivity contribution is 8.18. The second-order valence-corrected chi connectivity index (χ2v) is 10.3. The molecule has 5 rings (SSSR count). The standard InChI is InChI=1S/C27H27F3N4O4S/c1-17-21-13-18(14-24-25(35)33(26(36)39-24)8-7-32-9-11-38-12-10-32)3-6-23(21)34(31-17)16-19-4-5-20(37-2)15-22(19)27(28,29)30/h3-6,13-15H,7-12,16H2,1-2H3/b24-14-. The molecule has 1 aromatic heterocycles. The van der Waals surface area contributed by atoms with Crippen molar-refractivity contribution in [3.63, 3.8) is 0 Å². The Balaban J connectivity index is 1.36. The zero-order valence-electron chi connectivity index (χ0n) is 21.5. The molecule has 3 heterocycles. The first-order valence-electron chi connectivity index (χ1n) is 12.4. The van der Waals surface area contributed by atoms with E-state index in [0.717, 1.165) is 36.3 Å². The van der Waals surface area contributed by atoms with Gasteiger partial charge in [0.25, 0.3) is 11.1 Å². The maximum Gasteiger partial charge on any atom is 0.416 e. The summed E-state index contributed by atoms with van der Waals surface area (Å²) in [6.07, 6.45) is -2.87. The number of aromatic nitrogens is 2. The number of carbonyl (C=O) groups excluding carboxylic acids is 2. The van der Waals surface area contributed by atoms with Crippen LogP contribution in [-0.4, -0.2) is 77.2 Å². The molecule has 0 saturated carbocycles. The lowest BCUT2D eigenvalue weighted by Crippen LogP contribution is -2.42. The highest BCUT2D eigenvalue weighted by Crippen LogP contribution is 2.36. The number of alkyl halides is 3. The average molecular weight is 561 g/mol. The van der Waals surface area contributed by atoms with E-state index < -0.39 is 11.7 Å². The third-order valence-electron chi connectivity index (χ3n) is 6.82. The molecule has 2 fully saturated rings. The van der Waals surface area contributed by atoms with Gasteiger partial charge < -0.3 is 9.47 Å². The van der Waals surface area contributed by atoms with Crippen molar-refractivity contribution in [1.29, 1.82) is 0 Å². The molecule has 0 bridgehead atoms. The number of morpholine rings is 1. The number of rotatable bonds is 7. The number of thioether (sulfide) groups is 1. The number of fused-ring (bicyclic) bond motifs is 1. The van der Waals surface area contributed by atoms with Gasteiger partial charge >= 0.3 is 6.18 Å². The molecule has 2 amide bonds. The van der Waals surface area contributed by atoms with Crippen LogP contribution in [0.5, 0.6) is 5.75 Å². The van der Waals surface area contributed by atoms with Gasteiger partial charge in [-0.1, -0.05) is 12.1 Å². The van der Waals surface area contributed by atoms with Crippen LogP contribution in [0.2, 0.25) is 0 Å². The van der Waals surface area contributed by atoms with E-state index in [-0.39, 0.29) is 29.0 Å². The zero-order valence-corrected chi connectivity index (χ0v) is 22.3. The molecule has 2 aromatic carbocycles. The Hall–Kier alpha value is -3.35. The van der Waals surface area contributed by atoms with Crippen LogP contribution in [0.15, 0.2) is 41.3 Å². The predicted molar refractivity (Wildman–Crippen MR) is 142 cm³/mol. The molecule has 12 heteroatoms. The summed E-state index contributed by atoms with van der Waals surface area (Å²) in [5.41, 5.74) is 1.30.